The van der Waals surface area contributed by atoms with E-state index in [4.69, 9.17) is 14.9 Å². The van der Waals surface area contributed by atoms with Gasteiger partial charge in [0.1, 0.15) is 12.4 Å². The molecule has 0 bridgehead atoms. The molecule has 1 fully saturated rings. The number of hydrogen-bond donors (Lipinski definition) is 4. The van der Waals surface area contributed by atoms with Gasteiger partial charge in [-0.15, -0.1) is 12.6 Å². The number of aryl methyl sites for hydroxylation is 1. The van der Waals surface area contributed by atoms with Crippen LogP contribution in [-0.2, 0) is 0 Å². The van der Waals surface area contributed by atoms with Crippen LogP contribution in [0.15, 0.2) is 27.3 Å². The van der Waals surface area contributed by atoms with Crippen molar-refractivity contribution in [2.45, 2.75) is 38.6 Å². The number of nitrogens with two attached hydrogens (primary N) is 1. The summed E-state index contributed by atoms with van der Waals surface area (Å²) in [7, 11) is 0. The number of thiol groups is 1. The van der Waals surface area contributed by atoms with Crippen molar-refractivity contribution in [2.75, 3.05) is 13.2 Å². The number of fused-ring (bicyclic) bond motifs is 1. The molecule has 26 heavy (non-hydrogen) atoms. The Morgan fingerprint density at radius 2 is 2.27 bits per heavy atom. The summed E-state index contributed by atoms with van der Waals surface area (Å²) < 4.78 is 11.2. The van der Waals surface area contributed by atoms with Crippen molar-refractivity contribution < 1.29 is 19.1 Å². The molecule has 0 atom stereocenters. The van der Waals surface area contributed by atoms with Crippen LogP contribution in [0.3, 0.4) is 0 Å². The van der Waals surface area contributed by atoms with Crippen LogP contribution >= 0.6 is 12.6 Å². The minimum atomic E-state index is -0.524. The van der Waals surface area contributed by atoms with Crippen LogP contribution in [0.2, 0.25) is 0 Å². The Labute approximate surface area is 157 Å². The van der Waals surface area contributed by atoms with Gasteiger partial charge in [0, 0.05) is 22.1 Å². The summed E-state index contributed by atoms with van der Waals surface area (Å²) in [5.41, 5.74) is 6.65. The highest BCUT2D eigenvalue weighted by Crippen LogP contribution is 2.33. The second kappa shape index (κ2) is 7.20. The van der Waals surface area contributed by atoms with Crippen LogP contribution in [0.4, 0.5) is 0 Å². The van der Waals surface area contributed by atoms with E-state index >= 15 is 0 Å². The number of allylic oxidation sites excluding steroid dienone is 1. The number of nitrogens with one attached hydrogen (secondary N) is 1. The van der Waals surface area contributed by atoms with E-state index in [0.29, 0.717) is 38.8 Å². The number of rotatable bonds is 6. The van der Waals surface area contributed by atoms with Gasteiger partial charge >= 0.3 is 0 Å². The fraction of sp³-hybridized carbons (Fsp3) is 0.444. The predicted molar refractivity (Wildman–Crippen MR) is 101 cm³/mol. The van der Waals surface area contributed by atoms with Crippen molar-refractivity contribution in [3.63, 3.8) is 0 Å². The molecule has 0 saturated heterocycles. The number of aromatic nitrogens is 1. The fourth-order valence-corrected chi connectivity index (χ4v) is 3.02. The Morgan fingerprint density at radius 3 is 2.85 bits per heavy atom. The molecule has 2 aromatic heterocycles. The largest absolute Gasteiger partial charge is 0.472 e. The zero-order valence-electron chi connectivity index (χ0n) is 14.8. The smallest absolute Gasteiger partial charge is 0.255 e. The van der Waals surface area contributed by atoms with Gasteiger partial charge in [0.05, 0.1) is 23.9 Å². The van der Waals surface area contributed by atoms with Crippen LogP contribution in [0, 0.1) is 6.92 Å². The van der Waals surface area contributed by atoms with Gasteiger partial charge in [-0.1, -0.05) is 0 Å². The Hall–Kier alpha value is -2.19. The van der Waals surface area contributed by atoms with Crippen LogP contribution in [0.25, 0.3) is 11.0 Å². The van der Waals surface area contributed by atoms with Gasteiger partial charge in [-0.05, 0) is 33.1 Å². The average molecular weight is 377 g/mol. The van der Waals surface area contributed by atoms with Gasteiger partial charge in [-0.3, -0.25) is 4.79 Å². The van der Waals surface area contributed by atoms with Crippen LogP contribution < -0.4 is 15.8 Å². The Balaban J connectivity index is 1.87. The summed E-state index contributed by atoms with van der Waals surface area (Å²) in [5, 5.41) is 13.2. The fourth-order valence-electron chi connectivity index (χ4n) is 2.95. The number of aliphatic hydroxyl groups excluding tert-OH is 1. The molecule has 1 aliphatic rings. The second-order valence-corrected chi connectivity index (χ2v) is 7.26. The number of hydrogen-bond acceptors (Lipinski definition) is 7. The zero-order valence-corrected chi connectivity index (χ0v) is 15.7. The van der Waals surface area contributed by atoms with Crippen molar-refractivity contribution in [3.05, 3.63) is 34.2 Å². The first-order valence-electron chi connectivity index (χ1n) is 8.45. The first-order valence-corrected chi connectivity index (χ1v) is 8.89. The Bertz CT molecular complexity index is 861. The van der Waals surface area contributed by atoms with Gasteiger partial charge in [0.15, 0.2) is 5.58 Å². The highest BCUT2D eigenvalue weighted by atomic mass is 32.1. The normalized spacial score (nSPS) is 16.8. The van der Waals surface area contributed by atoms with Gasteiger partial charge < -0.3 is 25.3 Å². The van der Waals surface area contributed by atoms with E-state index in [0.717, 1.165) is 19.3 Å². The molecule has 1 aliphatic carbocycles. The van der Waals surface area contributed by atoms with Crippen LogP contribution in [0.5, 0.6) is 5.88 Å². The number of carbonyl (C=O) groups excluding carboxylic acids is 1. The standard InChI is InChI=1S/C18H23N3O4S/c1-10(19)14(26)8-24-15-6-12-13(7-20-15)25-11(2)16(12)17(23)21-18(9-22)4-3-5-18/h6-7,22,26H,3-5,8-9,19H2,1-2H3,(H,21,23)/b14-10-. The molecule has 8 heteroatoms. The van der Waals surface area contributed by atoms with Crippen molar-refractivity contribution >= 4 is 29.5 Å². The van der Waals surface area contributed by atoms with Crippen molar-refractivity contribution in [1.29, 1.82) is 0 Å². The quantitative estimate of drug-likeness (QED) is 0.575. The molecule has 0 radical (unpaired) electrons. The van der Waals surface area contributed by atoms with E-state index in [1.165, 1.54) is 6.20 Å². The van der Waals surface area contributed by atoms with Crippen LogP contribution in [-0.4, -0.2) is 34.8 Å². The highest BCUT2D eigenvalue weighted by Gasteiger charge is 2.38. The maximum absolute atomic E-state index is 12.8. The number of amides is 1. The second-order valence-electron chi connectivity index (χ2n) is 6.72. The number of nitrogens with zero attached hydrogens (tertiary/aromatic N) is 1. The SMILES string of the molecule is C/C(N)=C(/S)COc1cc2c(C(=O)NC3(CO)CCC3)c(C)oc2cn1. The molecule has 0 aliphatic heterocycles. The lowest BCUT2D eigenvalue weighted by atomic mass is 9.77. The number of carbonyl (C=O) groups is 1. The number of aliphatic hydroxyl groups is 1. The molecule has 0 spiro atoms. The van der Waals surface area contributed by atoms with Gasteiger partial charge in [-0.2, -0.15) is 0 Å². The third-order valence-electron chi connectivity index (χ3n) is 4.76. The molecule has 2 aromatic rings. The molecule has 1 saturated carbocycles. The third-order valence-corrected chi connectivity index (χ3v) is 5.24. The molecule has 4 N–H and O–H groups in total. The zero-order chi connectivity index (χ0) is 18.9. The number of pyridine rings is 1. The van der Waals surface area contributed by atoms with E-state index in [2.05, 4.69) is 22.9 Å². The molecule has 7 nitrogen and oxygen atoms in total. The predicted octanol–water partition coefficient (Wildman–Crippen LogP) is 2.28. The lowest BCUT2D eigenvalue weighted by molar-refractivity contribution is 0.0641. The summed E-state index contributed by atoms with van der Waals surface area (Å²) >= 11 is 4.26. The van der Waals surface area contributed by atoms with E-state index in [1.807, 2.05) is 0 Å². The molecular weight excluding hydrogens is 354 g/mol. The van der Waals surface area contributed by atoms with E-state index in [1.54, 1.807) is 19.9 Å². The van der Waals surface area contributed by atoms with Gasteiger partial charge in [0.25, 0.3) is 5.91 Å². The highest BCUT2D eigenvalue weighted by molar-refractivity contribution is 7.84. The average Bonchev–Trinajstić information content (AvgIpc) is 2.90. The van der Waals surface area contributed by atoms with Crippen molar-refractivity contribution in [2.24, 2.45) is 5.73 Å². The monoisotopic (exact) mass is 377 g/mol. The third kappa shape index (κ3) is 3.52. The Morgan fingerprint density at radius 1 is 1.54 bits per heavy atom. The molecule has 0 unspecified atom stereocenters. The summed E-state index contributed by atoms with van der Waals surface area (Å²) in [4.78, 5) is 17.6. The van der Waals surface area contributed by atoms with Crippen LogP contribution in [0.1, 0.15) is 42.3 Å². The summed E-state index contributed by atoms with van der Waals surface area (Å²) in [5.74, 6) is 0.580. The number of ether oxygens (including phenoxy) is 1. The summed E-state index contributed by atoms with van der Waals surface area (Å²) in [6.07, 6.45) is 4.07. The van der Waals surface area contributed by atoms with E-state index < -0.39 is 5.54 Å². The lowest BCUT2D eigenvalue weighted by Crippen LogP contribution is -2.56. The van der Waals surface area contributed by atoms with E-state index in [-0.39, 0.29) is 19.1 Å². The molecule has 2 heterocycles. The maximum atomic E-state index is 12.8. The summed E-state index contributed by atoms with van der Waals surface area (Å²) in [6, 6.07) is 1.67. The van der Waals surface area contributed by atoms with E-state index in [9.17, 15) is 9.90 Å². The van der Waals surface area contributed by atoms with Crippen molar-refractivity contribution in [3.8, 4) is 5.88 Å². The Kier molecular flexibility index (Phi) is 5.15. The van der Waals surface area contributed by atoms with Gasteiger partial charge in [0.2, 0.25) is 5.88 Å². The minimum absolute atomic E-state index is 0.0705. The molecule has 1 amide bonds. The first-order chi connectivity index (χ1) is 12.3. The summed E-state index contributed by atoms with van der Waals surface area (Å²) in [6.45, 7) is 3.59. The van der Waals surface area contributed by atoms with Gasteiger partial charge in [-0.25, -0.2) is 4.98 Å². The number of furan rings is 1. The molecule has 140 valence electrons. The maximum Gasteiger partial charge on any atom is 0.255 e. The lowest BCUT2D eigenvalue weighted by Gasteiger charge is -2.40. The minimum Gasteiger partial charge on any atom is -0.472 e. The molecule has 3 rings (SSSR count). The topological polar surface area (TPSA) is 111 Å². The molecule has 0 aromatic carbocycles. The first kappa shape index (κ1) is 18.6. The van der Waals surface area contributed by atoms with Crippen molar-refractivity contribution in [1.82, 2.24) is 10.3 Å². The molecular formula is C18H23N3O4S.